The number of thioether (sulfide) groups is 1. The average Bonchev–Trinajstić information content (AvgIpc) is 3.17. The first kappa shape index (κ1) is 21.6. The first-order valence-electron chi connectivity index (χ1n) is 9.53. The molecule has 0 bridgehead atoms. The Balaban J connectivity index is 1.52. The Morgan fingerprint density at radius 1 is 1.10 bits per heavy atom. The highest BCUT2D eigenvalue weighted by Crippen LogP contribution is 2.20. The van der Waals surface area contributed by atoms with Crippen LogP contribution in [0, 0.1) is 13.8 Å². The van der Waals surface area contributed by atoms with Crippen LogP contribution in [0.15, 0.2) is 52.1 Å². The van der Waals surface area contributed by atoms with Gasteiger partial charge in [-0.15, -0.1) is 10.2 Å². The van der Waals surface area contributed by atoms with Gasteiger partial charge < -0.3 is 14.5 Å². The molecule has 1 aromatic heterocycles. The smallest absolute Gasteiger partial charge is 0.338 e. The molecule has 0 saturated heterocycles. The molecule has 1 N–H and O–H groups in total. The van der Waals surface area contributed by atoms with Crippen LogP contribution in [0.2, 0.25) is 0 Å². The second kappa shape index (κ2) is 10.1. The standard InChI is InChI=1S/C22H23N3O4S/c1-4-28-21(27)17-6-5-7-18(12-17)23-19(26)13-30-22-25-24-20(29-22)11-16-9-8-14(2)15(3)10-16/h5-10,12H,4,11,13H2,1-3H3,(H,23,26). The molecule has 0 aliphatic rings. The van der Waals surface area contributed by atoms with Crippen molar-refractivity contribution in [2.75, 3.05) is 17.7 Å². The van der Waals surface area contributed by atoms with Gasteiger partial charge in [0.25, 0.3) is 5.22 Å². The van der Waals surface area contributed by atoms with E-state index in [1.54, 1.807) is 31.2 Å². The first-order valence-corrected chi connectivity index (χ1v) is 10.5. The molecular weight excluding hydrogens is 402 g/mol. The molecule has 1 heterocycles. The maximum atomic E-state index is 12.2. The van der Waals surface area contributed by atoms with Crippen molar-refractivity contribution in [2.24, 2.45) is 0 Å². The van der Waals surface area contributed by atoms with E-state index in [0.717, 1.165) is 17.3 Å². The summed E-state index contributed by atoms with van der Waals surface area (Å²) < 4.78 is 10.6. The molecule has 8 heteroatoms. The second-order valence-corrected chi connectivity index (χ2v) is 7.62. The lowest BCUT2D eigenvalue weighted by atomic mass is 10.0. The number of rotatable bonds is 8. The maximum absolute atomic E-state index is 12.2. The zero-order valence-corrected chi connectivity index (χ0v) is 17.9. The van der Waals surface area contributed by atoms with Gasteiger partial charge in [0.2, 0.25) is 11.8 Å². The molecule has 0 aliphatic heterocycles. The van der Waals surface area contributed by atoms with E-state index in [1.807, 2.05) is 6.07 Å². The third kappa shape index (κ3) is 5.93. The number of hydrogen-bond donors (Lipinski definition) is 1. The van der Waals surface area contributed by atoms with Crippen LogP contribution in [0.5, 0.6) is 0 Å². The van der Waals surface area contributed by atoms with Crippen LogP contribution in [0.4, 0.5) is 5.69 Å². The van der Waals surface area contributed by atoms with Crippen molar-refractivity contribution in [3.63, 3.8) is 0 Å². The molecule has 30 heavy (non-hydrogen) atoms. The number of carbonyl (C=O) groups is 2. The number of hydrogen-bond acceptors (Lipinski definition) is 7. The minimum Gasteiger partial charge on any atom is -0.462 e. The van der Waals surface area contributed by atoms with E-state index in [-0.39, 0.29) is 11.7 Å². The van der Waals surface area contributed by atoms with Crippen LogP contribution in [-0.4, -0.2) is 34.4 Å². The zero-order chi connectivity index (χ0) is 21.5. The van der Waals surface area contributed by atoms with Gasteiger partial charge in [0.05, 0.1) is 24.3 Å². The fourth-order valence-electron chi connectivity index (χ4n) is 2.72. The van der Waals surface area contributed by atoms with Crippen LogP contribution < -0.4 is 5.32 Å². The quantitative estimate of drug-likeness (QED) is 0.427. The number of ether oxygens (including phenoxy) is 1. The van der Waals surface area contributed by atoms with Gasteiger partial charge >= 0.3 is 5.97 Å². The molecule has 3 rings (SSSR count). The summed E-state index contributed by atoms with van der Waals surface area (Å²) in [6.07, 6.45) is 0.543. The Morgan fingerprint density at radius 2 is 1.93 bits per heavy atom. The van der Waals surface area contributed by atoms with Crippen molar-refractivity contribution in [1.82, 2.24) is 10.2 Å². The van der Waals surface area contributed by atoms with Crippen molar-refractivity contribution >= 4 is 29.3 Å². The minimum absolute atomic E-state index is 0.106. The third-order valence-electron chi connectivity index (χ3n) is 4.36. The van der Waals surface area contributed by atoms with Gasteiger partial charge in [0.1, 0.15) is 0 Å². The lowest BCUT2D eigenvalue weighted by molar-refractivity contribution is -0.113. The van der Waals surface area contributed by atoms with Crippen molar-refractivity contribution in [1.29, 1.82) is 0 Å². The summed E-state index contributed by atoms with van der Waals surface area (Å²) in [5.41, 5.74) is 4.45. The predicted octanol–water partition coefficient (Wildman–Crippen LogP) is 4.18. The van der Waals surface area contributed by atoms with E-state index in [2.05, 4.69) is 41.5 Å². The Bertz CT molecular complexity index is 1050. The average molecular weight is 426 g/mol. The summed E-state index contributed by atoms with van der Waals surface area (Å²) in [5, 5.41) is 11.1. The second-order valence-electron chi connectivity index (χ2n) is 6.70. The molecule has 0 saturated carbocycles. The Labute approximate surface area is 179 Å². The van der Waals surface area contributed by atoms with Crippen molar-refractivity contribution < 1.29 is 18.7 Å². The summed E-state index contributed by atoms with van der Waals surface area (Å²) in [6.45, 7) is 6.17. The number of amides is 1. The van der Waals surface area contributed by atoms with Gasteiger partial charge in [0, 0.05) is 5.69 Å². The van der Waals surface area contributed by atoms with Gasteiger partial charge in [0.15, 0.2) is 0 Å². The van der Waals surface area contributed by atoms with Gasteiger partial charge in [-0.2, -0.15) is 0 Å². The van der Waals surface area contributed by atoms with Gasteiger partial charge in [-0.1, -0.05) is 36.0 Å². The van der Waals surface area contributed by atoms with Gasteiger partial charge in [-0.05, 0) is 55.7 Å². The van der Waals surface area contributed by atoms with Crippen LogP contribution in [0.25, 0.3) is 0 Å². The van der Waals surface area contributed by atoms with Crippen LogP contribution in [0.3, 0.4) is 0 Å². The summed E-state index contributed by atoms with van der Waals surface area (Å²) in [7, 11) is 0. The molecule has 7 nitrogen and oxygen atoms in total. The Hall–Kier alpha value is -3.13. The fourth-order valence-corrected chi connectivity index (χ4v) is 3.30. The molecule has 0 radical (unpaired) electrons. The number of aromatic nitrogens is 2. The molecule has 1 amide bonds. The number of anilines is 1. The van der Waals surface area contributed by atoms with E-state index in [9.17, 15) is 9.59 Å². The number of nitrogens with one attached hydrogen (secondary N) is 1. The summed E-state index contributed by atoms with van der Waals surface area (Å²) >= 11 is 1.16. The molecule has 0 fully saturated rings. The van der Waals surface area contributed by atoms with E-state index in [1.165, 1.54) is 11.1 Å². The maximum Gasteiger partial charge on any atom is 0.338 e. The molecule has 3 aromatic rings. The third-order valence-corrected chi connectivity index (χ3v) is 5.18. The normalized spacial score (nSPS) is 10.6. The van der Waals surface area contributed by atoms with E-state index < -0.39 is 5.97 Å². The number of esters is 1. The van der Waals surface area contributed by atoms with Crippen LogP contribution in [-0.2, 0) is 16.0 Å². The monoisotopic (exact) mass is 425 g/mol. The van der Waals surface area contributed by atoms with E-state index >= 15 is 0 Å². The lowest BCUT2D eigenvalue weighted by Crippen LogP contribution is -2.14. The predicted molar refractivity (Wildman–Crippen MR) is 115 cm³/mol. The van der Waals surface area contributed by atoms with Crippen molar-refractivity contribution in [2.45, 2.75) is 32.4 Å². The highest BCUT2D eigenvalue weighted by atomic mass is 32.2. The molecule has 0 aliphatic carbocycles. The minimum atomic E-state index is -0.426. The molecule has 2 aromatic carbocycles. The largest absolute Gasteiger partial charge is 0.462 e. The number of carbonyl (C=O) groups excluding carboxylic acids is 2. The molecular formula is C22H23N3O4S. The van der Waals surface area contributed by atoms with Crippen LogP contribution >= 0.6 is 11.8 Å². The SMILES string of the molecule is CCOC(=O)c1cccc(NC(=O)CSc2nnc(Cc3ccc(C)c(C)c3)o2)c1. The first-order chi connectivity index (χ1) is 14.4. The van der Waals surface area contributed by atoms with Crippen molar-refractivity contribution in [3.8, 4) is 0 Å². The molecule has 0 atom stereocenters. The highest BCUT2D eigenvalue weighted by molar-refractivity contribution is 7.99. The molecule has 0 unspecified atom stereocenters. The zero-order valence-electron chi connectivity index (χ0n) is 17.1. The Kier molecular flexibility index (Phi) is 7.24. The van der Waals surface area contributed by atoms with Gasteiger partial charge in [-0.3, -0.25) is 4.79 Å². The number of benzene rings is 2. The topological polar surface area (TPSA) is 94.3 Å². The molecule has 0 spiro atoms. The van der Waals surface area contributed by atoms with Crippen LogP contribution in [0.1, 0.15) is 39.9 Å². The van der Waals surface area contributed by atoms with Gasteiger partial charge in [-0.25, -0.2) is 4.79 Å². The summed E-state index contributed by atoms with van der Waals surface area (Å²) in [5.74, 6) is -0.0575. The molecule has 156 valence electrons. The fraction of sp³-hybridized carbons (Fsp3) is 0.273. The summed E-state index contributed by atoms with van der Waals surface area (Å²) in [4.78, 5) is 24.0. The number of nitrogens with zero attached hydrogens (tertiary/aromatic N) is 2. The lowest BCUT2D eigenvalue weighted by Gasteiger charge is -2.06. The van der Waals surface area contributed by atoms with E-state index in [0.29, 0.717) is 35.4 Å². The van der Waals surface area contributed by atoms with E-state index in [4.69, 9.17) is 9.15 Å². The summed E-state index contributed by atoms with van der Waals surface area (Å²) in [6, 6.07) is 12.8. The Morgan fingerprint density at radius 3 is 2.70 bits per heavy atom. The highest BCUT2D eigenvalue weighted by Gasteiger charge is 2.12. The number of aryl methyl sites for hydroxylation is 2. The van der Waals surface area contributed by atoms with Crippen molar-refractivity contribution in [3.05, 3.63) is 70.6 Å².